The minimum atomic E-state index is -1.50. The van der Waals surface area contributed by atoms with Crippen LogP contribution in [-0.4, -0.2) is 9.97 Å². The maximum Gasteiger partial charge on any atom is 0.194 e. The van der Waals surface area contributed by atoms with Crippen molar-refractivity contribution in [1.82, 2.24) is 9.97 Å². The first-order valence-corrected chi connectivity index (χ1v) is 10.2. The molecule has 1 aliphatic carbocycles. The largest absolute Gasteiger partial charge is 0.236 e. The number of benzene rings is 2. The maximum atomic E-state index is 13.4. The van der Waals surface area contributed by atoms with Gasteiger partial charge in [0.2, 0.25) is 0 Å². The predicted molar refractivity (Wildman–Crippen MR) is 112 cm³/mol. The van der Waals surface area contributed by atoms with Gasteiger partial charge in [0, 0.05) is 23.5 Å². The molecule has 154 valence electrons. The van der Waals surface area contributed by atoms with Crippen LogP contribution in [0.3, 0.4) is 0 Å². The molecule has 5 heteroatoms. The molecular weight excluding hydrogens is 385 g/mol. The zero-order valence-corrected chi connectivity index (χ0v) is 16.6. The van der Waals surface area contributed by atoms with E-state index >= 15 is 0 Å². The second kappa shape index (κ2) is 8.82. The summed E-state index contributed by atoms with van der Waals surface area (Å²) in [6.45, 7) is 3.85. The second-order valence-electron chi connectivity index (χ2n) is 7.91. The van der Waals surface area contributed by atoms with Crippen molar-refractivity contribution < 1.29 is 13.2 Å². The van der Waals surface area contributed by atoms with E-state index in [1.165, 1.54) is 31.2 Å². The first-order valence-electron chi connectivity index (χ1n) is 10.2. The van der Waals surface area contributed by atoms with Crippen molar-refractivity contribution in [3.05, 3.63) is 84.5 Å². The zero-order valence-electron chi connectivity index (χ0n) is 16.6. The Morgan fingerprint density at radius 2 is 1.43 bits per heavy atom. The molecule has 0 atom stereocenters. The molecule has 0 amide bonds. The number of allylic oxidation sites excluding steroid dienone is 1. The second-order valence-corrected chi connectivity index (χ2v) is 7.91. The topological polar surface area (TPSA) is 25.8 Å². The molecule has 0 aliphatic heterocycles. The van der Waals surface area contributed by atoms with E-state index in [0.29, 0.717) is 5.92 Å². The van der Waals surface area contributed by atoms with Crippen molar-refractivity contribution >= 4 is 0 Å². The van der Waals surface area contributed by atoms with E-state index in [0.717, 1.165) is 35.6 Å². The van der Waals surface area contributed by atoms with Crippen LogP contribution in [0.1, 0.15) is 43.6 Å². The van der Waals surface area contributed by atoms with Gasteiger partial charge in [-0.2, -0.15) is 0 Å². The summed E-state index contributed by atoms with van der Waals surface area (Å²) < 4.78 is 40.0. The number of rotatable bonds is 5. The van der Waals surface area contributed by atoms with E-state index in [4.69, 9.17) is 0 Å². The number of aromatic nitrogens is 2. The molecule has 0 unspecified atom stereocenters. The van der Waals surface area contributed by atoms with Crippen LogP contribution < -0.4 is 0 Å². The van der Waals surface area contributed by atoms with Crippen LogP contribution in [0.4, 0.5) is 13.2 Å². The number of hydrogen-bond donors (Lipinski definition) is 0. The molecule has 1 fully saturated rings. The van der Waals surface area contributed by atoms with Crippen LogP contribution in [-0.2, 0) is 0 Å². The van der Waals surface area contributed by atoms with Gasteiger partial charge in [0.1, 0.15) is 0 Å². The lowest BCUT2D eigenvalue weighted by Gasteiger charge is -2.28. The highest BCUT2D eigenvalue weighted by atomic mass is 19.2. The SMILES string of the molecule is C=CCC1CCC(c2ccc(-c3cnc(-c4cc(F)c(F)c(F)c4)nc3)cc2)CC1. The van der Waals surface area contributed by atoms with Crippen molar-refractivity contribution in [3.63, 3.8) is 0 Å². The summed E-state index contributed by atoms with van der Waals surface area (Å²) >= 11 is 0. The van der Waals surface area contributed by atoms with Gasteiger partial charge in [-0.05, 0) is 67.2 Å². The summed E-state index contributed by atoms with van der Waals surface area (Å²) in [6, 6.07) is 10.2. The molecule has 1 heterocycles. The lowest BCUT2D eigenvalue weighted by molar-refractivity contribution is 0.328. The third kappa shape index (κ3) is 4.30. The van der Waals surface area contributed by atoms with E-state index in [1.807, 2.05) is 6.08 Å². The Labute approximate surface area is 174 Å². The van der Waals surface area contributed by atoms with Crippen LogP contribution in [0, 0.1) is 23.4 Å². The van der Waals surface area contributed by atoms with Crippen LogP contribution in [0.15, 0.2) is 61.4 Å². The van der Waals surface area contributed by atoms with E-state index in [9.17, 15) is 13.2 Å². The molecule has 0 spiro atoms. The highest BCUT2D eigenvalue weighted by Crippen LogP contribution is 2.37. The smallest absolute Gasteiger partial charge is 0.194 e. The van der Waals surface area contributed by atoms with Gasteiger partial charge in [-0.3, -0.25) is 0 Å². The summed E-state index contributed by atoms with van der Waals surface area (Å²) in [4.78, 5) is 8.40. The normalized spacial score (nSPS) is 18.9. The van der Waals surface area contributed by atoms with Crippen molar-refractivity contribution in [2.75, 3.05) is 0 Å². The van der Waals surface area contributed by atoms with Crippen LogP contribution >= 0.6 is 0 Å². The zero-order chi connectivity index (χ0) is 21.1. The fraction of sp³-hybridized carbons (Fsp3) is 0.280. The standard InChI is InChI=1S/C25H23F3N2/c1-2-3-16-4-6-17(7-5-16)18-8-10-19(11-9-18)21-14-29-25(30-15-21)20-12-22(26)24(28)23(27)13-20/h2,8-17H,1,3-7H2. The lowest BCUT2D eigenvalue weighted by Crippen LogP contribution is -2.12. The number of nitrogens with zero attached hydrogens (tertiary/aromatic N) is 2. The molecule has 0 radical (unpaired) electrons. The molecule has 2 aromatic carbocycles. The van der Waals surface area contributed by atoms with E-state index in [-0.39, 0.29) is 11.4 Å². The minimum Gasteiger partial charge on any atom is -0.236 e. The third-order valence-electron chi connectivity index (χ3n) is 5.96. The average Bonchev–Trinajstić information content (AvgIpc) is 2.78. The summed E-state index contributed by atoms with van der Waals surface area (Å²) in [5.74, 6) is -2.49. The molecule has 1 aromatic heterocycles. The van der Waals surface area contributed by atoms with Gasteiger partial charge in [0.25, 0.3) is 0 Å². The van der Waals surface area contributed by atoms with Crippen molar-refractivity contribution in [2.45, 2.75) is 38.0 Å². The molecule has 30 heavy (non-hydrogen) atoms. The Balaban J connectivity index is 1.47. The first-order chi connectivity index (χ1) is 14.5. The Morgan fingerprint density at radius 1 is 0.833 bits per heavy atom. The Bertz CT molecular complexity index is 998. The Kier molecular flexibility index (Phi) is 5.98. The molecule has 0 N–H and O–H groups in total. The van der Waals surface area contributed by atoms with Gasteiger partial charge in [-0.1, -0.05) is 30.3 Å². The third-order valence-corrected chi connectivity index (χ3v) is 5.96. The van der Waals surface area contributed by atoms with Gasteiger partial charge in [0.05, 0.1) is 0 Å². The summed E-state index contributed by atoms with van der Waals surface area (Å²) in [7, 11) is 0. The van der Waals surface area contributed by atoms with Crippen LogP contribution in [0.2, 0.25) is 0 Å². The van der Waals surface area contributed by atoms with E-state index < -0.39 is 17.5 Å². The van der Waals surface area contributed by atoms with Crippen LogP contribution in [0.5, 0.6) is 0 Å². The highest BCUT2D eigenvalue weighted by Gasteiger charge is 2.21. The molecule has 1 saturated carbocycles. The summed E-state index contributed by atoms with van der Waals surface area (Å²) in [5.41, 5.74) is 3.23. The predicted octanol–water partition coefficient (Wildman–Crippen LogP) is 7.08. The summed E-state index contributed by atoms with van der Waals surface area (Å²) in [5, 5.41) is 0. The van der Waals surface area contributed by atoms with Crippen molar-refractivity contribution in [2.24, 2.45) is 5.92 Å². The molecule has 3 aromatic rings. The highest BCUT2D eigenvalue weighted by molar-refractivity contribution is 5.64. The molecule has 0 saturated heterocycles. The molecule has 2 nitrogen and oxygen atoms in total. The average molecular weight is 408 g/mol. The Hall–Kier alpha value is -2.95. The van der Waals surface area contributed by atoms with Gasteiger partial charge in [-0.25, -0.2) is 23.1 Å². The molecule has 4 rings (SSSR count). The fourth-order valence-electron chi connectivity index (χ4n) is 4.23. The van der Waals surface area contributed by atoms with Gasteiger partial charge < -0.3 is 0 Å². The van der Waals surface area contributed by atoms with Gasteiger partial charge in [0.15, 0.2) is 23.3 Å². The lowest BCUT2D eigenvalue weighted by atomic mass is 9.77. The van der Waals surface area contributed by atoms with Crippen molar-refractivity contribution in [3.8, 4) is 22.5 Å². The van der Waals surface area contributed by atoms with Gasteiger partial charge >= 0.3 is 0 Å². The molecular formula is C25H23F3N2. The van der Waals surface area contributed by atoms with Gasteiger partial charge in [-0.15, -0.1) is 6.58 Å². The van der Waals surface area contributed by atoms with Crippen molar-refractivity contribution in [1.29, 1.82) is 0 Å². The first kappa shape index (κ1) is 20.3. The van der Waals surface area contributed by atoms with E-state index in [2.05, 4.69) is 40.8 Å². The summed E-state index contributed by atoms with van der Waals surface area (Å²) in [6.07, 6.45) is 11.3. The molecule has 1 aliphatic rings. The Morgan fingerprint density at radius 3 is 2.00 bits per heavy atom. The van der Waals surface area contributed by atoms with E-state index in [1.54, 1.807) is 12.4 Å². The van der Waals surface area contributed by atoms with Crippen LogP contribution in [0.25, 0.3) is 22.5 Å². The quantitative estimate of drug-likeness (QED) is 0.333. The number of halogens is 3. The number of hydrogen-bond acceptors (Lipinski definition) is 2. The monoisotopic (exact) mass is 408 g/mol. The fourth-order valence-corrected chi connectivity index (χ4v) is 4.23. The minimum absolute atomic E-state index is 0.0976. The maximum absolute atomic E-state index is 13.4. The molecule has 0 bridgehead atoms.